The van der Waals surface area contributed by atoms with Crippen LogP contribution in [0.5, 0.6) is 0 Å². The van der Waals surface area contributed by atoms with Crippen LogP contribution in [0.2, 0.25) is 0 Å². The highest BCUT2D eigenvalue weighted by molar-refractivity contribution is 8.17. The third-order valence-corrected chi connectivity index (χ3v) is 4.40. The number of aromatic nitrogens is 2. The summed E-state index contributed by atoms with van der Waals surface area (Å²) < 4.78 is 109. The Morgan fingerprint density at radius 2 is 1.36 bits per heavy atom. The second kappa shape index (κ2) is 6.63. The fourth-order valence-electron chi connectivity index (χ4n) is 1.21. The molecule has 0 aliphatic heterocycles. The lowest BCUT2D eigenvalue weighted by Crippen LogP contribution is -2.12. The number of hydrogen-bond donors (Lipinski definition) is 0. The van der Waals surface area contributed by atoms with E-state index in [0.717, 1.165) is 7.05 Å². The first-order chi connectivity index (χ1) is 9.66. The van der Waals surface area contributed by atoms with Gasteiger partial charge in [0, 0.05) is 25.0 Å². The summed E-state index contributed by atoms with van der Waals surface area (Å²) in [7, 11) is 1.02. The molecule has 0 N–H and O–H groups in total. The van der Waals surface area contributed by atoms with Crippen molar-refractivity contribution < 1.29 is 39.5 Å². The van der Waals surface area contributed by atoms with E-state index in [2.05, 4.69) is 4.98 Å². The van der Waals surface area contributed by atoms with Gasteiger partial charge in [-0.3, -0.25) is 0 Å². The number of nitrogens with zero attached hydrogens (tertiary/aromatic N) is 2. The van der Waals surface area contributed by atoms with Crippen molar-refractivity contribution in [2.24, 2.45) is 7.05 Å². The largest absolute Gasteiger partial charge is 0.447 e. The van der Waals surface area contributed by atoms with Gasteiger partial charge in [-0.25, -0.2) is 4.98 Å². The first kappa shape index (κ1) is 19.7. The lowest BCUT2D eigenvalue weighted by molar-refractivity contribution is -0.0354. The van der Waals surface area contributed by atoms with E-state index >= 15 is 0 Å². The van der Waals surface area contributed by atoms with Crippen LogP contribution in [0.4, 0.5) is 39.5 Å². The summed E-state index contributed by atoms with van der Waals surface area (Å²) in [6, 6.07) is 0. The molecule has 0 spiro atoms. The molecule has 0 fully saturated rings. The first-order valence-electron chi connectivity index (χ1n) is 4.94. The van der Waals surface area contributed by atoms with Crippen molar-refractivity contribution in [1.82, 2.24) is 9.55 Å². The molecule has 128 valence electrons. The number of alkyl halides is 9. The molecule has 2 nitrogen and oxygen atoms in total. The minimum atomic E-state index is -5.01. The van der Waals surface area contributed by atoms with Crippen LogP contribution >= 0.6 is 35.3 Å². The highest BCUT2D eigenvalue weighted by Crippen LogP contribution is 2.53. The van der Waals surface area contributed by atoms with Gasteiger partial charge in [0.15, 0.2) is 0 Å². The molecular formula is C8H5F9N2S3. The van der Waals surface area contributed by atoms with Gasteiger partial charge in [-0.05, 0) is 23.5 Å². The van der Waals surface area contributed by atoms with E-state index in [1.54, 1.807) is 0 Å². The number of rotatable bonds is 4. The van der Waals surface area contributed by atoms with Gasteiger partial charge in [0.2, 0.25) is 0 Å². The van der Waals surface area contributed by atoms with E-state index in [0.29, 0.717) is 10.8 Å². The lowest BCUT2D eigenvalue weighted by Gasteiger charge is -2.18. The molecule has 0 radical (unpaired) electrons. The average Bonchev–Trinajstić information content (AvgIpc) is 2.50. The molecule has 0 saturated heterocycles. The summed E-state index contributed by atoms with van der Waals surface area (Å²) in [6.45, 7) is 0. The predicted molar refractivity (Wildman–Crippen MR) is 65.2 cm³/mol. The molecule has 0 aliphatic rings. The van der Waals surface area contributed by atoms with Crippen molar-refractivity contribution in [2.75, 3.05) is 0 Å². The van der Waals surface area contributed by atoms with Crippen LogP contribution in [0.3, 0.4) is 0 Å². The van der Waals surface area contributed by atoms with Crippen LogP contribution in [0.15, 0.2) is 11.2 Å². The maximum Gasteiger partial charge on any atom is 0.447 e. The number of aryl methyl sites for hydroxylation is 1. The van der Waals surface area contributed by atoms with E-state index in [-0.39, 0.29) is 0 Å². The minimum absolute atomic E-state index is 0.705. The monoisotopic (exact) mass is 396 g/mol. The maximum atomic E-state index is 12.3. The Kier molecular flexibility index (Phi) is 5.93. The molecule has 22 heavy (non-hydrogen) atoms. The highest BCUT2D eigenvalue weighted by atomic mass is 32.2. The molecule has 0 bridgehead atoms. The van der Waals surface area contributed by atoms with Gasteiger partial charge < -0.3 is 4.57 Å². The van der Waals surface area contributed by atoms with Crippen LogP contribution in [-0.2, 0) is 7.05 Å². The third-order valence-electron chi connectivity index (χ3n) is 1.80. The number of halogens is 9. The van der Waals surface area contributed by atoms with Crippen LogP contribution in [-0.4, -0.2) is 26.1 Å². The highest BCUT2D eigenvalue weighted by Gasteiger charge is 2.43. The fourth-order valence-corrected chi connectivity index (χ4v) is 3.78. The van der Waals surface area contributed by atoms with Gasteiger partial charge in [0.1, 0.15) is 15.4 Å². The summed E-state index contributed by atoms with van der Waals surface area (Å²) in [5.74, 6) is -0.767. The Labute approximate surface area is 130 Å². The zero-order valence-electron chi connectivity index (χ0n) is 10.2. The standard InChI is InChI=1S/C8H5F9N2S3/c1-19-2-3(20-6(9,10)11)18-4(19)5(21-7(12,13)14)22-8(15,16)17/h2,5H,1H3. The van der Waals surface area contributed by atoms with Crippen molar-refractivity contribution in [1.29, 1.82) is 0 Å². The van der Waals surface area contributed by atoms with Crippen LogP contribution in [0, 0.1) is 0 Å². The first-order valence-corrected chi connectivity index (χ1v) is 7.52. The van der Waals surface area contributed by atoms with Crippen molar-refractivity contribution in [3.63, 3.8) is 0 Å². The van der Waals surface area contributed by atoms with E-state index in [1.165, 1.54) is 0 Å². The normalized spacial score (nSPS) is 14.0. The SMILES string of the molecule is Cn1cc(SC(F)(F)F)nc1C(SC(F)(F)F)SC(F)(F)F. The van der Waals surface area contributed by atoms with Gasteiger partial charge in [-0.1, -0.05) is 0 Å². The van der Waals surface area contributed by atoms with Crippen molar-refractivity contribution in [3.05, 3.63) is 12.0 Å². The topological polar surface area (TPSA) is 17.8 Å². The van der Waals surface area contributed by atoms with Gasteiger partial charge in [-0.15, -0.1) is 0 Å². The predicted octanol–water partition coefficient (Wildman–Crippen LogP) is 5.54. The zero-order chi connectivity index (χ0) is 17.3. The summed E-state index contributed by atoms with van der Waals surface area (Å²) in [5, 5.41) is -0.736. The molecule has 0 saturated carbocycles. The van der Waals surface area contributed by atoms with Gasteiger partial charge >= 0.3 is 16.5 Å². The summed E-state index contributed by atoms with van der Waals surface area (Å²) in [5.41, 5.74) is -14.8. The number of thioether (sulfide) groups is 3. The van der Waals surface area contributed by atoms with Crippen LogP contribution in [0.1, 0.15) is 10.4 Å². The average molecular weight is 396 g/mol. The maximum absolute atomic E-state index is 12.3. The van der Waals surface area contributed by atoms with E-state index in [1.807, 2.05) is 0 Å². The fraction of sp³-hybridized carbons (Fsp3) is 0.625. The van der Waals surface area contributed by atoms with Crippen LogP contribution in [0.25, 0.3) is 0 Å². The molecule has 1 heterocycles. The van der Waals surface area contributed by atoms with Gasteiger partial charge in [0.05, 0.1) is 0 Å². The quantitative estimate of drug-likeness (QED) is 0.378. The molecule has 0 aromatic carbocycles. The Morgan fingerprint density at radius 3 is 1.73 bits per heavy atom. The smallest absolute Gasteiger partial charge is 0.335 e. The summed E-state index contributed by atoms with van der Waals surface area (Å²) >= 11 is -2.73. The zero-order valence-corrected chi connectivity index (χ0v) is 12.6. The number of hydrogen-bond acceptors (Lipinski definition) is 4. The van der Waals surface area contributed by atoms with E-state index < -0.39 is 67.2 Å². The summed E-state index contributed by atoms with van der Waals surface area (Å²) in [4.78, 5) is 3.23. The number of imidazole rings is 1. The molecule has 0 aliphatic carbocycles. The molecule has 0 atom stereocenters. The Balaban J connectivity index is 3.08. The molecule has 1 aromatic heterocycles. The Morgan fingerprint density at radius 1 is 0.909 bits per heavy atom. The van der Waals surface area contributed by atoms with E-state index in [9.17, 15) is 39.5 Å². The Bertz CT molecular complexity index is 488. The molecular weight excluding hydrogens is 391 g/mol. The van der Waals surface area contributed by atoms with Crippen molar-refractivity contribution >= 4 is 35.3 Å². The van der Waals surface area contributed by atoms with Crippen molar-refractivity contribution in [3.8, 4) is 0 Å². The van der Waals surface area contributed by atoms with Crippen LogP contribution < -0.4 is 0 Å². The van der Waals surface area contributed by atoms with E-state index in [4.69, 9.17) is 0 Å². The Hall–Kier alpha value is -0.370. The lowest BCUT2D eigenvalue weighted by atomic mass is 10.7. The molecule has 1 rings (SSSR count). The molecule has 0 amide bonds. The second-order valence-corrected chi connectivity index (χ2v) is 7.28. The van der Waals surface area contributed by atoms with Gasteiger partial charge in [-0.2, -0.15) is 39.5 Å². The molecule has 1 aromatic rings. The molecule has 0 unspecified atom stereocenters. The summed E-state index contributed by atoms with van der Waals surface area (Å²) in [6.07, 6.45) is 0.717. The third kappa shape index (κ3) is 7.26. The minimum Gasteiger partial charge on any atom is -0.335 e. The molecule has 14 heteroatoms. The van der Waals surface area contributed by atoms with Gasteiger partial charge in [0.25, 0.3) is 0 Å². The van der Waals surface area contributed by atoms with Crippen molar-refractivity contribution in [2.45, 2.75) is 26.1 Å². The second-order valence-electron chi connectivity index (χ2n) is 3.56.